The van der Waals surface area contributed by atoms with Crippen LogP contribution in [0.15, 0.2) is 24.3 Å². The van der Waals surface area contributed by atoms with E-state index in [1.807, 2.05) is 0 Å². The summed E-state index contributed by atoms with van der Waals surface area (Å²) < 4.78 is 28.3. The van der Waals surface area contributed by atoms with Crippen LogP contribution >= 0.6 is 11.6 Å². The second-order valence-electron chi connectivity index (χ2n) is 8.13. The largest absolute Gasteiger partial charge is 0.455 e. The zero-order chi connectivity index (χ0) is 21.9. The van der Waals surface area contributed by atoms with Crippen molar-refractivity contribution >= 4 is 39.2 Å². The number of hydrogen-bond acceptors (Lipinski definition) is 6. The Morgan fingerprint density at radius 2 is 1.83 bits per heavy atom. The second kappa shape index (κ2) is 8.93. The highest BCUT2D eigenvalue weighted by Crippen LogP contribution is 2.23. The van der Waals surface area contributed by atoms with Gasteiger partial charge in [0.1, 0.15) is 0 Å². The summed E-state index contributed by atoms with van der Waals surface area (Å²) in [5.41, 5.74) is -0.282. The Labute approximate surface area is 180 Å². The third-order valence-electron chi connectivity index (χ3n) is 5.50. The number of piperidine rings is 1. The Kier molecular flexibility index (Phi) is 6.71. The minimum atomic E-state index is -3.14. The van der Waals surface area contributed by atoms with E-state index in [0.29, 0.717) is 42.9 Å². The molecule has 2 heterocycles. The molecular weight excluding hydrogens is 432 g/mol. The molecule has 1 N–H and O–H groups in total. The van der Waals surface area contributed by atoms with Crippen molar-refractivity contribution in [2.75, 3.05) is 31.2 Å². The molecule has 0 aromatic heterocycles. The molecule has 0 saturated carbocycles. The average Bonchev–Trinajstić information content (AvgIpc) is 2.98. The normalized spacial score (nSPS) is 23.7. The summed E-state index contributed by atoms with van der Waals surface area (Å²) >= 11 is 5.84. The van der Waals surface area contributed by atoms with Crippen LogP contribution in [0.1, 0.15) is 36.5 Å². The fourth-order valence-corrected chi connectivity index (χ4v) is 6.05. The van der Waals surface area contributed by atoms with Crippen molar-refractivity contribution in [1.82, 2.24) is 10.2 Å². The Hall–Kier alpha value is -2.13. The highest BCUT2D eigenvalue weighted by Gasteiger charge is 2.39. The Morgan fingerprint density at radius 1 is 1.20 bits per heavy atom. The molecule has 1 aromatic carbocycles. The van der Waals surface area contributed by atoms with Crippen LogP contribution in [0.3, 0.4) is 0 Å². The number of amides is 2. The maximum atomic E-state index is 12.5. The van der Waals surface area contributed by atoms with E-state index in [1.54, 1.807) is 36.1 Å². The van der Waals surface area contributed by atoms with Gasteiger partial charge in [-0.2, -0.15) is 0 Å². The number of sulfone groups is 1. The summed E-state index contributed by atoms with van der Waals surface area (Å²) in [6.07, 6.45) is 1.25. The molecule has 1 unspecified atom stereocenters. The third kappa shape index (κ3) is 5.72. The Balaban J connectivity index is 1.42. The molecule has 1 atom stereocenters. The highest BCUT2D eigenvalue weighted by molar-refractivity contribution is 7.91. The van der Waals surface area contributed by atoms with Gasteiger partial charge in [0.25, 0.3) is 11.8 Å². The number of nitrogens with one attached hydrogen (secondary N) is 1. The van der Waals surface area contributed by atoms with Crippen molar-refractivity contribution < 1.29 is 27.5 Å². The summed E-state index contributed by atoms with van der Waals surface area (Å²) in [5.74, 6) is -1.56. The molecule has 1 aromatic rings. The molecule has 2 saturated heterocycles. The van der Waals surface area contributed by atoms with E-state index in [0.717, 1.165) is 0 Å². The standard InChI is InChI=1S/C20H25ClN2O6S/c1-20(8-11-30(27,28)13-20)22-17(24)12-29-19(26)15-6-9-23(10-7-15)18(25)14-2-4-16(21)5-3-14/h2-5,15H,6-13H2,1H3,(H,22,24). The molecular formula is C20H25ClN2O6S. The topological polar surface area (TPSA) is 110 Å². The lowest BCUT2D eigenvalue weighted by Gasteiger charge is -2.31. The van der Waals surface area contributed by atoms with Gasteiger partial charge in [-0.15, -0.1) is 0 Å². The zero-order valence-electron chi connectivity index (χ0n) is 16.7. The van der Waals surface area contributed by atoms with Crippen LogP contribution in [-0.2, 0) is 24.2 Å². The van der Waals surface area contributed by atoms with Crippen LogP contribution in [0.5, 0.6) is 0 Å². The van der Waals surface area contributed by atoms with Gasteiger partial charge < -0.3 is 15.0 Å². The lowest BCUT2D eigenvalue weighted by molar-refractivity contribution is -0.154. The summed E-state index contributed by atoms with van der Waals surface area (Å²) in [6, 6.07) is 6.65. The van der Waals surface area contributed by atoms with E-state index in [2.05, 4.69) is 5.32 Å². The molecule has 3 rings (SSSR count). The maximum Gasteiger partial charge on any atom is 0.309 e. The number of hydrogen-bond donors (Lipinski definition) is 1. The number of carbonyl (C=O) groups is 3. The van der Waals surface area contributed by atoms with Crippen LogP contribution < -0.4 is 5.32 Å². The SMILES string of the molecule is CC1(NC(=O)COC(=O)C2CCN(C(=O)c3ccc(Cl)cc3)CC2)CCS(=O)(=O)C1. The molecule has 2 aliphatic heterocycles. The molecule has 2 fully saturated rings. The number of nitrogens with zero attached hydrogens (tertiary/aromatic N) is 1. The molecule has 0 bridgehead atoms. The van der Waals surface area contributed by atoms with Crippen LogP contribution in [-0.4, -0.2) is 67.8 Å². The third-order valence-corrected chi connectivity index (χ3v) is 7.65. The van der Waals surface area contributed by atoms with Gasteiger partial charge in [0.15, 0.2) is 16.4 Å². The first-order valence-corrected chi connectivity index (χ1v) is 12.0. The summed E-state index contributed by atoms with van der Waals surface area (Å²) in [4.78, 5) is 38.6. The average molecular weight is 457 g/mol. The fraction of sp³-hybridized carbons (Fsp3) is 0.550. The first kappa shape index (κ1) is 22.6. The minimum Gasteiger partial charge on any atom is -0.455 e. The van der Waals surface area contributed by atoms with E-state index in [-0.39, 0.29) is 23.3 Å². The molecule has 8 nitrogen and oxygen atoms in total. The van der Waals surface area contributed by atoms with Gasteiger partial charge in [-0.05, 0) is 50.5 Å². The van der Waals surface area contributed by atoms with Gasteiger partial charge in [0, 0.05) is 23.7 Å². The van der Waals surface area contributed by atoms with Gasteiger partial charge >= 0.3 is 5.97 Å². The van der Waals surface area contributed by atoms with Gasteiger partial charge in [0.05, 0.1) is 23.0 Å². The summed E-state index contributed by atoms with van der Waals surface area (Å²) in [5, 5.41) is 3.21. The van der Waals surface area contributed by atoms with Crippen molar-refractivity contribution in [3.63, 3.8) is 0 Å². The molecule has 164 valence electrons. The molecule has 0 spiro atoms. The highest BCUT2D eigenvalue weighted by atomic mass is 35.5. The van der Waals surface area contributed by atoms with Crippen LogP contribution in [0, 0.1) is 5.92 Å². The monoisotopic (exact) mass is 456 g/mol. The molecule has 30 heavy (non-hydrogen) atoms. The van der Waals surface area contributed by atoms with Gasteiger partial charge in [-0.1, -0.05) is 11.6 Å². The summed E-state index contributed by atoms with van der Waals surface area (Å²) in [7, 11) is -3.14. The maximum absolute atomic E-state index is 12.5. The molecule has 0 aliphatic carbocycles. The summed E-state index contributed by atoms with van der Waals surface area (Å²) in [6.45, 7) is 2.07. The van der Waals surface area contributed by atoms with Crippen molar-refractivity contribution in [2.45, 2.75) is 31.7 Å². The molecule has 10 heteroatoms. The van der Waals surface area contributed by atoms with Gasteiger partial charge in [-0.3, -0.25) is 14.4 Å². The quantitative estimate of drug-likeness (QED) is 0.671. The first-order valence-electron chi connectivity index (χ1n) is 9.80. The van der Waals surface area contributed by atoms with E-state index >= 15 is 0 Å². The number of carbonyl (C=O) groups excluding carboxylic acids is 3. The minimum absolute atomic E-state index is 0.0386. The van der Waals surface area contributed by atoms with Gasteiger partial charge in [-0.25, -0.2) is 8.42 Å². The van der Waals surface area contributed by atoms with Crippen molar-refractivity contribution in [1.29, 1.82) is 0 Å². The number of benzene rings is 1. The van der Waals surface area contributed by atoms with E-state index < -0.39 is 33.9 Å². The zero-order valence-corrected chi connectivity index (χ0v) is 18.3. The van der Waals surface area contributed by atoms with E-state index in [9.17, 15) is 22.8 Å². The van der Waals surface area contributed by atoms with Crippen molar-refractivity contribution in [3.8, 4) is 0 Å². The van der Waals surface area contributed by atoms with Crippen molar-refractivity contribution in [3.05, 3.63) is 34.9 Å². The number of esters is 1. The smallest absolute Gasteiger partial charge is 0.309 e. The lowest BCUT2D eigenvalue weighted by Crippen LogP contribution is -2.48. The molecule has 2 amide bonds. The number of halogens is 1. The first-order chi connectivity index (χ1) is 14.1. The van der Waals surface area contributed by atoms with Crippen LogP contribution in [0.2, 0.25) is 5.02 Å². The predicted octanol–water partition coefficient (Wildman–Crippen LogP) is 1.43. The molecule has 2 aliphatic rings. The van der Waals surface area contributed by atoms with E-state index in [4.69, 9.17) is 16.3 Å². The predicted molar refractivity (Wildman–Crippen MR) is 111 cm³/mol. The van der Waals surface area contributed by atoms with Crippen LogP contribution in [0.25, 0.3) is 0 Å². The fourth-order valence-electron chi connectivity index (χ4n) is 3.83. The van der Waals surface area contributed by atoms with E-state index in [1.165, 1.54) is 0 Å². The molecule has 0 radical (unpaired) electrons. The van der Waals surface area contributed by atoms with Gasteiger partial charge in [0.2, 0.25) is 0 Å². The number of ether oxygens (including phenoxy) is 1. The Morgan fingerprint density at radius 3 is 2.40 bits per heavy atom. The second-order valence-corrected chi connectivity index (χ2v) is 10.8. The number of likely N-dealkylation sites (tertiary alicyclic amines) is 1. The Bertz CT molecular complexity index is 925. The van der Waals surface area contributed by atoms with Crippen LogP contribution in [0.4, 0.5) is 0 Å². The van der Waals surface area contributed by atoms with Crippen molar-refractivity contribution in [2.24, 2.45) is 5.92 Å². The number of rotatable bonds is 5. The lowest BCUT2D eigenvalue weighted by atomic mass is 9.96.